The Kier molecular flexibility index (Phi) is 4.18. The van der Waals surface area contributed by atoms with Crippen molar-refractivity contribution in [3.8, 4) is 11.3 Å². The molecular formula is C17H19NO2. The molecule has 0 aliphatic carbocycles. The predicted octanol–water partition coefficient (Wildman–Crippen LogP) is 3.37. The molecule has 1 aromatic carbocycles. The summed E-state index contributed by atoms with van der Waals surface area (Å²) < 4.78 is 1.71. The molecule has 3 heteroatoms. The third-order valence-corrected chi connectivity index (χ3v) is 3.17. The lowest BCUT2D eigenvalue weighted by molar-refractivity contribution is 0.101. The maximum absolute atomic E-state index is 12.5. The second kappa shape index (κ2) is 5.87. The van der Waals surface area contributed by atoms with Gasteiger partial charge in [0.25, 0.3) is 5.56 Å². The SMILES string of the molecule is CC(=O)c1ccc(-c2ccccc2)n(CC(C)C)c1=O. The van der Waals surface area contributed by atoms with Crippen LogP contribution in [0.1, 0.15) is 31.1 Å². The molecule has 0 bridgehead atoms. The van der Waals surface area contributed by atoms with Gasteiger partial charge in [-0.15, -0.1) is 0 Å². The number of carbonyl (C=O) groups excluding carboxylic acids is 1. The smallest absolute Gasteiger partial charge is 0.261 e. The maximum Gasteiger partial charge on any atom is 0.261 e. The largest absolute Gasteiger partial charge is 0.307 e. The number of pyridine rings is 1. The van der Waals surface area contributed by atoms with Crippen molar-refractivity contribution in [3.63, 3.8) is 0 Å². The molecule has 0 atom stereocenters. The minimum atomic E-state index is -0.201. The summed E-state index contributed by atoms with van der Waals surface area (Å²) in [6.07, 6.45) is 0. The van der Waals surface area contributed by atoms with Crippen molar-refractivity contribution in [2.75, 3.05) is 0 Å². The fraction of sp³-hybridized carbons (Fsp3) is 0.294. The summed E-state index contributed by atoms with van der Waals surface area (Å²) in [4.78, 5) is 24.0. The minimum Gasteiger partial charge on any atom is -0.307 e. The number of hydrogen-bond donors (Lipinski definition) is 0. The summed E-state index contributed by atoms with van der Waals surface area (Å²) in [6.45, 7) is 6.14. The Morgan fingerprint density at radius 2 is 1.75 bits per heavy atom. The van der Waals surface area contributed by atoms with Crippen LogP contribution >= 0.6 is 0 Å². The van der Waals surface area contributed by atoms with Crippen LogP contribution in [-0.4, -0.2) is 10.4 Å². The fourth-order valence-corrected chi connectivity index (χ4v) is 2.25. The molecule has 2 aromatic rings. The third kappa shape index (κ3) is 2.87. The molecule has 0 aliphatic rings. The molecule has 0 fully saturated rings. The van der Waals surface area contributed by atoms with Crippen LogP contribution in [0.3, 0.4) is 0 Å². The van der Waals surface area contributed by atoms with Gasteiger partial charge in [-0.25, -0.2) is 0 Å². The Labute approximate surface area is 118 Å². The number of ketones is 1. The first-order valence-corrected chi connectivity index (χ1v) is 6.81. The molecule has 0 amide bonds. The second-order valence-corrected chi connectivity index (χ2v) is 5.36. The number of nitrogens with zero attached hydrogens (tertiary/aromatic N) is 1. The average Bonchev–Trinajstić information content (AvgIpc) is 2.41. The van der Waals surface area contributed by atoms with Crippen molar-refractivity contribution in [3.05, 3.63) is 58.4 Å². The van der Waals surface area contributed by atoms with Gasteiger partial charge in [-0.2, -0.15) is 0 Å². The van der Waals surface area contributed by atoms with Crippen LogP contribution in [0.4, 0.5) is 0 Å². The van der Waals surface area contributed by atoms with E-state index in [1.807, 2.05) is 36.4 Å². The van der Waals surface area contributed by atoms with Gasteiger partial charge in [-0.05, 0) is 30.5 Å². The van der Waals surface area contributed by atoms with E-state index in [9.17, 15) is 9.59 Å². The van der Waals surface area contributed by atoms with Crippen LogP contribution in [0.2, 0.25) is 0 Å². The number of Topliss-reactive ketones (excluding diaryl/α,β-unsaturated/α-hetero) is 1. The summed E-state index contributed by atoms with van der Waals surface area (Å²) in [6, 6.07) is 13.3. The van der Waals surface area contributed by atoms with Crippen molar-refractivity contribution < 1.29 is 4.79 Å². The van der Waals surface area contributed by atoms with Gasteiger partial charge in [0.2, 0.25) is 0 Å². The molecule has 0 radical (unpaired) electrons. The van der Waals surface area contributed by atoms with E-state index in [4.69, 9.17) is 0 Å². The third-order valence-electron chi connectivity index (χ3n) is 3.17. The van der Waals surface area contributed by atoms with Crippen LogP contribution < -0.4 is 5.56 Å². The van der Waals surface area contributed by atoms with Gasteiger partial charge in [-0.1, -0.05) is 44.2 Å². The molecule has 2 rings (SSSR count). The van der Waals surface area contributed by atoms with Crippen LogP contribution in [-0.2, 0) is 6.54 Å². The number of aromatic nitrogens is 1. The Bertz CT molecular complexity index is 669. The van der Waals surface area contributed by atoms with Crippen LogP contribution in [0.25, 0.3) is 11.3 Å². The lowest BCUT2D eigenvalue weighted by atomic mass is 10.1. The summed E-state index contributed by atoms with van der Waals surface area (Å²) in [5.41, 5.74) is 1.90. The van der Waals surface area contributed by atoms with Gasteiger partial charge in [0.05, 0.1) is 11.3 Å². The lowest BCUT2D eigenvalue weighted by Gasteiger charge is -2.16. The van der Waals surface area contributed by atoms with E-state index in [-0.39, 0.29) is 16.9 Å². The van der Waals surface area contributed by atoms with Gasteiger partial charge in [0.1, 0.15) is 0 Å². The molecule has 20 heavy (non-hydrogen) atoms. The van der Waals surface area contributed by atoms with Crippen molar-refractivity contribution in [2.45, 2.75) is 27.3 Å². The molecule has 104 valence electrons. The zero-order valence-corrected chi connectivity index (χ0v) is 12.1. The van der Waals surface area contributed by atoms with Gasteiger partial charge < -0.3 is 4.57 Å². The van der Waals surface area contributed by atoms with Crippen molar-refractivity contribution >= 4 is 5.78 Å². The summed E-state index contributed by atoms with van der Waals surface area (Å²) >= 11 is 0. The number of hydrogen-bond acceptors (Lipinski definition) is 2. The van der Waals surface area contributed by atoms with Crippen molar-refractivity contribution in [1.29, 1.82) is 0 Å². The van der Waals surface area contributed by atoms with E-state index in [1.54, 1.807) is 10.6 Å². The highest BCUT2D eigenvalue weighted by Crippen LogP contribution is 2.19. The molecule has 0 saturated carbocycles. The molecule has 0 unspecified atom stereocenters. The Morgan fingerprint density at radius 3 is 2.30 bits per heavy atom. The molecule has 0 saturated heterocycles. The normalized spacial score (nSPS) is 10.8. The standard InChI is InChI=1S/C17H19NO2/c1-12(2)11-18-16(14-7-5-4-6-8-14)10-9-15(13(3)19)17(18)20/h4-10,12H,11H2,1-3H3. The average molecular weight is 269 g/mol. The van der Waals surface area contributed by atoms with Crippen LogP contribution in [0.15, 0.2) is 47.3 Å². The molecular weight excluding hydrogens is 250 g/mol. The van der Waals surface area contributed by atoms with Crippen molar-refractivity contribution in [2.24, 2.45) is 5.92 Å². The quantitative estimate of drug-likeness (QED) is 0.798. The highest BCUT2D eigenvalue weighted by molar-refractivity contribution is 5.93. The molecule has 1 aromatic heterocycles. The van der Waals surface area contributed by atoms with Gasteiger partial charge >= 0.3 is 0 Å². The number of benzene rings is 1. The topological polar surface area (TPSA) is 39.1 Å². The Hall–Kier alpha value is -2.16. The predicted molar refractivity (Wildman–Crippen MR) is 81.0 cm³/mol. The molecule has 0 N–H and O–H groups in total. The van der Waals surface area contributed by atoms with E-state index in [0.29, 0.717) is 12.5 Å². The van der Waals surface area contributed by atoms with E-state index >= 15 is 0 Å². The van der Waals surface area contributed by atoms with E-state index in [2.05, 4.69) is 13.8 Å². The highest BCUT2D eigenvalue weighted by Gasteiger charge is 2.13. The van der Waals surface area contributed by atoms with E-state index in [0.717, 1.165) is 11.3 Å². The van der Waals surface area contributed by atoms with E-state index in [1.165, 1.54) is 6.92 Å². The zero-order chi connectivity index (χ0) is 14.7. The van der Waals surface area contributed by atoms with E-state index < -0.39 is 0 Å². The summed E-state index contributed by atoms with van der Waals surface area (Å²) in [7, 11) is 0. The molecule has 0 aliphatic heterocycles. The first-order chi connectivity index (χ1) is 9.50. The molecule has 0 spiro atoms. The van der Waals surface area contributed by atoms with Crippen molar-refractivity contribution in [1.82, 2.24) is 4.57 Å². The van der Waals surface area contributed by atoms with Crippen LogP contribution in [0, 0.1) is 5.92 Å². The summed E-state index contributed by atoms with van der Waals surface area (Å²) in [5, 5.41) is 0. The van der Waals surface area contributed by atoms with Gasteiger partial charge in [0.15, 0.2) is 5.78 Å². The second-order valence-electron chi connectivity index (χ2n) is 5.36. The number of rotatable bonds is 4. The van der Waals surface area contributed by atoms with Gasteiger partial charge in [0, 0.05) is 6.54 Å². The molecule has 3 nitrogen and oxygen atoms in total. The highest BCUT2D eigenvalue weighted by atomic mass is 16.1. The monoisotopic (exact) mass is 269 g/mol. The lowest BCUT2D eigenvalue weighted by Crippen LogP contribution is -2.28. The summed E-state index contributed by atoms with van der Waals surface area (Å²) in [5.74, 6) is 0.143. The Balaban J connectivity index is 2.66. The first kappa shape index (κ1) is 14.3. The fourth-order valence-electron chi connectivity index (χ4n) is 2.25. The van der Waals surface area contributed by atoms with Gasteiger partial charge in [-0.3, -0.25) is 9.59 Å². The zero-order valence-electron chi connectivity index (χ0n) is 12.1. The molecule has 1 heterocycles. The Morgan fingerprint density at radius 1 is 1.10 bits per heavy atom. The van der Waals surface area contributed by atoms with Crippen LogP contribution in [0.5, 0.6) is 0 Å². The first-order valence-electron chi connectivity index (χ1n) is 6.81. The maximum atomic E-state index is 12.5. The number of carbonyl (C=O) groups is 1. The minimum absolute atomic E-state index is 0.188.